The van der Waals surface area contributed by atoms with Crippen molar-refractivity contribution in [1.82, 2.24) is 5.32 Å². The molecule has 0 spiro atoms. The highest BCUT2D eigenvalue weighted by Crippen LogP contribution is 2.23. The van der Waals surface area contributed by atoms with Gasteiger partial charge in [0, 0.05) is 23.5 Å². The van der Waals surface area contributed by atoms with E-state index in [2.05, 4.69) is 36.7 Å². The largest absolute Gasteiger partial charge is 0.490 e. The molecule has 3 rings (SSSR count). The number of hydrogen-bond donors (Lipinski definition) is 3. The summed E-state index contributed by atoms with van der Waals surface area (Å²) in [6.45, 7) is 9.68. The van der Waals surface area contributed by atoms with Crippen LogP contribution in [0.15, 0.2) is 72.8 Å². The summed E-state index contributed by atoms with van der Waals surface area (Å²) in [7, 11) is 0. The molecule has 0 aromatic heterocycles. The summed E-state index contributed by atoms with van der Waals surface area (Å²) < 4.78 is 10.9. The molecule has 0 aliphatic rings. The van der Waals surface area contributed by atoms with Crippen LogP contribution in [0.4, 0.5) is 11.4 Å². The molecular formula is C29H33N3O4S. The normalized spacial score (nSPS) is 10.9. The standard InChI is InChI=1S/C29H33N3O4S/c1-5-35-18-19-36-25-9-7-6-8-24(25)27(34)32-28(37)31-23-16-14-22(15-17-23)30-26(33)20-10-12-21(13-11-20)29(2,3)4/h6-17H,5,18-19H2,1-4H3,(H,30,33)(H2,31,32,34,37). The average molecular weight is 520 g/mol. The molecule has 7 nitrogen and oxygen atoms in total. The van der Waals surface area contributed by atoms with Crippen LogP contribution in [0.5, 0.6) is 5.75 Å². The van der Waals surface area contributed by atoms with Crippen molar-refractivity contribution >= 4 is 40.5 Å². The fourth-order valence-corrected chi connectivity index (χ4v) is 3.64. The Morgan fingerprint density at radius 3 is 2.05 bits per heavy atom. The number of amides is 2. The van der Waals surface area contributed by atoms with Crippen LogP contribution in [-0.2, 0) is 10.2 Å². The Hall–Kier alpha value is -3.75. The number of benzene rings is 3. The van der Waals surface area contributed by atoms with Crippen LogP contribution in [0.2, 0.25) is 0 Å². The maximum atomic E-state index is 12.7. The van der Waals surface area contributed by atoms with E-state index in [4.69, 9.17) is 21.7 Å². The van der Waals surface area contributed by atoms with Crippen LogP contribution in [0, 0.1) is 0 Å². The number of carbonyl (C=O) groups excluding carboxylic acids is 2. The molecule has 2 amide bonds. The van der Waals surface area contributed by atoms with Crippen LogP contribution in [0.25, 0.3) is 0 Å². The van der Waals surface area contributed by atoms with Gasteiger partial charge in [-0.3, -0.25) is 14.9 Å². The van der Waals surface area contributed by atoms with Gasteiger partial charge in [-0.15, -0.1) is 0 Å². The molecule has 194 valence electrons. The zero-order valence-electron chi connectivity index (χ0n) is 21.6. The molecule has 0 bridgehead atoms. The van der Waals surface area contributed by atoms with Gasteiger partial charge in [0.25, 0.3) is 11.8 Å². The van der Waals surface area contributed by atoms with Crippen molar-refractivity contribution in [1.29, 1.82) is 0 Å². The van der Waals surface area contributed by atoms with Crippen molar-refractivity contribution in [3.8, 4) is 5.75 Å². The summed E-state index contributed by atoms with van der Waals surface area (Å²) in [6, 6.07) is 21.6. The fraction of sp³-hybridized carbons (Fsp3) is 0.276. The molecule has 0 aliphatic heterocycles. The van der Waals surface area contributed by atoms with Gasteiger partial charge in [-0.2, -0.15) is 0 Å². The lowest BCUT2D eigenvalue weighted by atomic mass is 9.87. The lowest BCUT2D eigenvalue weighted by molar-refractivity contribution is 0.0958. The summed E-state index contributed by atoms with van der Waals surface area (Å²) in [4.78, 5) is 25.4. The molecule has 3 aromatic rings. The molecule has 3 aromatic carbocycles. The van der Waals surface area contributed by atoms with Crippen LogP contribution < -0.4 is 20.7 Å². The van der Waals surface area contributed by atoms with E-state index in [0.29, 0.717) is 48.1 Å². The summed E-state index contributed by atoms with van der Waals surface area (Å²) in [5, 5.41) is 8.68. The zero-order chi connectivity index (χ0) is 26.8. The molecule has 0 heterocycles. The first-order chi connectivity index (χ1) is 17.7. The molecule has 0 saturated heterocycles. The second-order valence-electron chi connectivity index (χ2n) is 9.31. The summed E-state index contributed by atoms with van der Waals surface area (Å²) in [5.74, 6) is -0.118. The van der Waals surface area contributed by atoms with Gasteiger partial charge in [-0.25, -0.2) is 0 Å². The predicted molar refractivity (Wildman–Crippen MR) is 152 cm³/mol. The number of rotatable bonds is 9. The third-order valence-electron chi connectivity index (χ3n) is 5.46. The minimum Gasteiger partial charge on any atom is -0.490 e. The van der Waals surface area contributed by atoms with E-state index in [-0.39, 0.29) is 22.3 Å². The SMILES string of the molecule is CCOCCOc1ccccc1C(=O)NC(=S)Nc1ccc(NC(=O)c2ccc(C(C)(C)C)cc2)cc1. The molecule has 0 saturated carbocycles. The summed E-state index contributed by atoms with van der Waals surface area (Å²) in [5.41, 5.74) is 3.46. The quantitative estimate of drug-likeness (QED) is 0.245. The number of nitrogens with one attached hydrogen (secondary N) is 3. The number of para-hydroxylation sites is 1. The van der Waals surface area contributed by atoms with E-state index in [0.717, 1.165) is 0 Å². The monoisotopic (exact) mass is 519 g/mol. The summed E-state index contributed by atoms with van der Waals surface area (Å²) >= 11 is 5.31. The minimum atomic E-state index is -0.383. The number of hydrogen-bond acceptors (Lipinski definition) is 5. The van der Waals surface area contributed by atoms with E-state index in [1.165, 1.54) is 5.56 Å². The van der Waals surface area contributed by atoms with Gasteiger partial charge >= 0.3 is 0 Å². The first-order valence-corrected chi connectivity index (χ1v) is 12.5. The Labute approximate surface area is 223 Å². The molecule has 0 fully saturated rings. The third-order valence-corrected chi connectivity index (χ3v) is 5.67. The van der Waals surface area contributed by atoms with Crippen molar-refractivity contribution < 1.29 is 19.1 Å². The average Bonchev–Trinajstić information content (AvgIpc) is 2.87. The van der Waals surface area contributed by atoms with Crippen molar-refractivity contribution in [3.63, 3.8) is 0 Å². The molecule has 8 heteroatoms. The maximum Gasteiger partial charge on any atom is 0.261 e. The Morgan fingerprint density at radius 2 is 1.43 bits per heavy atom. The molecule has 0 unspecified atom stereocenters. The lowest BCUT2D eigenvalue weighted by Crippen LogP contribution is -2.34. The smallest absolute Gasteiger partial charge is 0.261 e. The molecule has 37 heavy (non-hydrogen) atoms. The molecule has 3 N–H and O–H groups in total. The zero-order valence-corrected chi connectivity index (χ0v) is 22.4. The fourth-order valence-electron chi connectivity index (χ4n) is 3.43. The van der Waals surface area contributed by atoms with Crippen LogP contribution in [0.1, 0.15) is 54.0 Å². The van der Waals surface area contributed by atoms with Gasteiger partial charge in [0.15, 0.2) is 5.11 Å². The number of anilines is 2. The van der Waals surface area contributed by atoms with E-state index < -0.39 is 0 Å². The molecule has 0 atom stereocenters. The Balaban J connectivity index is 1.54. The molecule has 0 radical (unpaired) electrons. The highest BCUT2D eigenvalue weighted by molar-refractivity contribution is 7.80. The Kier molecular flexibility index (Phi) is 9.77. The van der Waals surface area contributed by atoms with Gasteiger partial charge < -0.3 is 20.1 Å². The van der Waals surface area contributed by atoms with Gasteiger partial charge in [-0.1, -0.05) is 45.0 Å². The van der Waals surface area contributed by atoms with Crippen molar-refractivity contribution in [3.05, 3.63) is 89.5 Å². The van der Waals surface area contributed by atoms with E-state index in [1.54, 1.807) is 48.5 Å². The van der Waals surface area contributed by atoms with E-state index >= 15 is 0 Å². The van der Waals surface area contributed by atoms with E-state index in [1.807, 2.05) is 31.2 Å². The van der Waals surface area contributed by atoms with Crippen molar-refractivity contribution in [2.24, 2.45) is 0 Å². The highest BCUT2D eigenvalue weighted by atomic mass is 32.1. The van der Waals surface area contributed by atoms with Gasteiger partial charge in [0.2, 0.25) is 0 Å². The highest BCUT2D eigenvalue weighted by Gasteiger charge is 2.15. The van der Waals surface area contributed by atoms with Gasteiger partial charge in [-0.05, 0) is 78.7 Å². The van der Waals surface area contributed by atoms with Crippen molar-refractivity contribution in [2.75, 3.05) is 30.5 Å². The second-order valence-corrected chi connectivity index (χ2v) is 9.72. The lowest BCUT2D eigenvalue weighted by Gasteiger charge is -2.19. The molecular weight excluding hydrogens is 486 g/mol. The van der Waals surface area contributed by atoms with Gasteiger partial charge in [0.1, 0.15) is 12.4 Å². The van der Waals surface area contributed by atoms with Crippen molar-refractivity contribution in [2.45, 2.75) is 33.1 Å². The number of carbonyl (C=O) groups is 2. The predicted octanol–water partition coefficient (Wildman–Crippen LogP) is 5.78. The first kappa shape index (κ1) is 27.8. The first-order valence-electron chi connectivity index (χ1n) is 12.1. The number of thiocarbonyl (C=S) groups is 1. The minimum absolute atomic E-state index is 0.0265. The second kappa shape index (κ2) is 13.0. The maximum absolute atomic E-state index is 12.7. The number of ether oxygens (including phenoxy) is 2. The van der Waals surface area contributed by atoms with E-state index in [9.17, 15) is 9.59 Å². The Bertz CT molecular complexity index is 1220. The third kappa shape index (κ3) is 8.41. The van der Waals surface area contributed by atoms with Gasteiger partial charge in [0.05, 0.1) is 12.2 Å². The topological polar surface area (TPSA) is 88.7 Å². The molecule has 0 aliphatic carbocycles. The Morgan fingerprint density at radius 1 is 0.811 bits per heavy atom. The van der Waals surface area contributed by atoms with Crippen LogP contribution in [0.3, 0.4) is 0 Å². The summed E-state index contributed by atoms with van der Waals surface area (Å²) in [6.07, 6.45) is 0. The van der Waals surface area contributed by atoms with Crippen LogP contribution >= 0.6 is 12.2 Å². The van der Waals surface area contributed by atoms with Crippen LogP contribution in [-0.4, -0.2) is 36.7 Å².